The van der Waals surface area contributed by atoms with Gasteiger partial charge in [-0.05, 0) is 75.8 Å². The lowest BCUT2D eigenvalue weighted by atomic mass is 9.99. The summed E-state index contributed by atoms with van der Waals surface area (Å²) in [6.07, 6.45) is 1.88. The Bertz CT molecular complexity index is 1610. The van der Waals surface area contributed by atoms with Crippen LogP contribution in [-0.4, -0.2) is 38.2 Å². The quantitative estimate of drug-likeness (QED) is 0.0972. The van der Waals surface area contributed by atoms with Gasteiger partial charge in [0.15, 0.2) is 0 Å². The number of rotatable bonds is 10. The van der Waals surface area contributed by atoms with Gasteiger partial charge >= 0.3 is 5.97 Å². The maximum atomic E-state index is 14.3. The predicted octanol–water partition coefficient (Wildman–Crippen LogP) is 6.48. The number of epoxide rings is 2. The van der Waals surface area contributed by atoms with Gasteiger partial charge < -0.3 is 23.7 Å². The van der Waals surface area contributed by atoms with Crippen LogP contribution in [0.1, 0.15) is 45.5 Å². The zero-order valence-electron chi connectivity index (χ0n) is 22.6. The van der Waals surface area contributed by atoms with E-state index in [2.05, 4.69) is 6.92 Å². The fourth-order valence-corrected chi connectivity index (χ4v) is 5.38. The van der Waals surface area contributed by atoms with E-state index in [1.54, 1.807) is 24.3 Å². The second-order valence-corrected chi connectivity index (χ2v) is 10.8. The second kappa shape index (κ2) is 10.7. The third kappa shape index (κ3) is 5.69. The van der Waals surface area contributed by atoms with Crippen molar-refractivity contribution in [2.45, 2.75) is 37.9 Å². The van der Waals surface area contributed by atoms with Crippen molar-refractivity contribution in [3.63, 3.8) is 0 Å². The summed E-state index contributed by atoms with van der Waals surface area (Å²) < 4.78 is 42.0. The molecule has 0 spiro atoms. The molecule has 2 aliphatic heterocycles. The molecule has 0 saturated carbocycles. The molecule has 4 aromatic rings. The summed E-state index contributed by atoms with van der Waals surface area (Å²) >= 11 is 0. The Morgan fingerprint density at radius 3 is 2.02 bits per heavy atom. The average Bonchev–Trinajstić information content (AvgIpc) is 3.92. The number of hydrogen-bond donors (Lipinski definition) is 0. The van der Waals surface area contributed by atoms with Gasteiger partial charge in [-0.3, -0.25) is 0 Å². The molecule has 2 heterocycles. The molecule has 2 saturated heterocycles. The molecular weight excluding hydrogens is 523 g/mol. The standard InChI is InChI=1S/C34H29FO6/c1-20-31-14-24(39-19-40-25-7-6-23(33(35)16-25)13-28-18-38-28)8-10-29(31)30-11-9-26(15-32(20)30)41-34(36)22-4-2-21(3-5-22)12-27-17-37-27/h2-11,14-16,20,27-28H,12-13,17-19H2,1H3. The zero-order chi connectivity index (χ0) is 27.9. The van der Waals surface area contributed by atoms with Crippen molar-refractivity contribution in [2.24, 2.45) is 0 Å². The molecular formula is C34H29FO6. The van der Waals surface area contributed by atoms with Crippen molar-refractivity contribution < 1.29 is 32.9 Å². The Kier molecular flexibility index (Phi) is 6.69. The molecule has 0 amide bonds. The molecule has 3 unspecified atom stereocenters. The summed E-state index contributed by atoms with van der Waals surface area (Å²) in [5, 5.41) is 0. The predicted molar refractivity (Wildman–Crippen MR) is 150 cm³/mol. The number of hydrogen-bond acceptors (Lipinski definition) is 6. The van der Waals surface area contributed by atoms with Gasteiger partial charge in [-0.1, -0.05) is 37.3 Å². The zero-order valence-corrected chi connectivity index (χ0v) is 22.6. The first kappa shape index (κ1) is 25.7. The lowest BCUT2D eigenvalue weighted by Gasteiger charge is -2.12. The molecule has 7 rings (SSSR count). The molecule has 41 heavy (non-hydrogen) atoms. The van der Waals surface area contributed by atoms with Gasteiger partial charge in [-0.2, -0.15) is 0 Å². The first-order valence-electron chi connectivity index (χ1n) is 13.9. The molecule has 208 valence electrons. The summed E-state index contributed by atoms with van der Waals surface area (Å²) in [6, 6.07) is 24.0. The molecule has 4 aromatic carbocycles. The minimum Gasteiger partial charge on any atom is -0.457 e. The second-order valence-electron chi connectivity index (χ2n) is 10.8. The molecule has 3 aliphatic rings. The maximum Gasteiger partial charge on any atom is 0.343 e. The first-order valence-corrected chi connectivity index (χ1v) is 13.9. The highest BCUT2D eigenvalue weighted by Gasteiger charge is 2.27. The normalized spacial score (nSPS) is 19.7. The molecule has 3 atom stereocenters. The van der Waals surface area contributed by atoms with Crippen molar-refractivity contribution in [3.05, 3.63) is 112 Å². The van der Waals surface area contributed by atoms with E-state index in [1.165, 1.54) is 6.07 Å². The number of ether oxygens (including phenoxy) is 5. The van der Waals surface area contributed by atoms with Crippen LogP contribution in [0.15, 0.2) is 78.9 Å². The Morgan fingerprint density at radius 2 is 1.37 bits per heavy atom. The molecule has 0 radical (unpaired) electrons. The number of benzene rings is 4. The van der Waals surface area contributed by atoms with Crippen molar-refractivity contribution in [1.29, 1.82) is 0 Å². The molecule has 0 N–H and O–H groups in total. The van der Waals surface area contributed by atoms with Crippen LogP contribution in [0.25, 0.3) is 11.1 Å². The first-order chi connectivity index (χ1) is 20.0. The SMILES string of the molecule is CC1c2cc(OCOc3ccc(CC4CO4)c(F)c3)ccc2-c2ccc(OC(=O)c3ccc(CC4CO4)cc3)cc21. The molecule has 7 heteroatoms. The number of esters is 1. The summed E-state index contributed by atoms with van der Waals surface area (Å²) in [5.74, 6) is 0.986. The molecule has 0 aromatic heterocycles. The third-order valence-electron chi connectivity index (χ3n) is 7.86. The fraction of sp³-hybridized carbons (Fsp3) is 0.265. The third-order valence-corrected chi connectivity index (χ3v) is 7.86. The lowest BCUT2D eigenvalue weighted by molar-refractivity contribution is 0.0734. The van der Waals surface area contributed by atoms with Crippen LogP contribution in [-0.2, 0) is 22.3 Å². The van der Waals surface area contributed by atoms with Gasteiger partial charge in [0.05, 0.1) is 31.0 Å². The number of halogens is 1. The van der Waals surface area contributed by atoms with Crippen LogP contribution in [0.5, 0.6) is 17.2 Å². The summed E-state index contributed by atoms with van der Waals surface area (Å²) in [4.78, 5) is 12.8. The van der Waals surface area contributed by atoms with Crippen LogP contribution >= 0.6 is 0 Å². The maximum absolute atomic E-state index is 14.3. The summed E-state index contributed by atoms with van der Waals surface area (Å²) in [6.45, 7) is 3.58. The number of fused-ring (bicyclic) bond motifs is 3. The Labute approximate surface area is 237 Å². The van der Waals surface area contributed by atoms with Crippen molar-refractivity contribution >= 4 is 5.97 Å². The van der Waals surface area contributed by atoms with Crippen molar-refractivity contribution in [3.8, 4) is 28.4 Å². The average molecular weight is 553 g/mol. The van der Waals surface area contributed by atoms with E-state index in [0.29, 0.717) is 47.5 Å². The highest BCUT2D eigenvalue weighted by Crippen LogP contribution is 2.47. The van der Waals surface area contributed by atoms with E-state index in [9.17, 15) is 9.18 Å². The highest BCUT2D eigenvalue weighted by molar-refractivity contribution is 5.91. The number of carbonyl (C=O) groups is 1. The van der Waals surface area contributed by atoms with Gasteiger partial charge in [-0.15, -0.1) is 0 Å². The summed E-state index contributed by atoms with van der Waals surface area (Å²) in [5.41, 5.74) is 6.71. The van der Waals surface area contributed by atoms with E-state index in [0.717, 1.165) is 40.8 Å². The van der Waals surface area contributed by atoms with Crippen molar-refractivity contribution in [2.75, 3.05) is 20.0 Å². The Balaban J connectivity index is 0.979. The highest BCUT2D eigenvalue weighted by atomic mass is 19.1. The lowest BCUT2D eigenvalue weighted by Crippen LogP contribution is -2.09. The monoisotopic (exact) mass is 552 g/mol. The molecule has 1 aliphatic carbocycles. The molecule has 2 fully saturated rings. The van der Waals surface area contributed by atoms with Crippen LogP contribution < -0.4 is 14.2 Å². The van der Waals surface area contributed by atoms with E-state index >= 15 is 0 Å². The Hall–Kier alpha value is -4.20. The van der Waals surface area contributed by atoms with Gasteiger partial charge in [0.25, 0.3) is 0 Å². The van der Waals surface area contributed by atoms with E-state index in [-0.39, 0.29) is 30.6 Å². The van der Waals surface area contributed by atoms with Gasteiger partial charge in [-0.25, -0.2) is 9.18 Å². The fourth-order valence-electron chi connectivity index (χ4n) is 5.38. The summed E-state index contributed by atoms with van der Waals surface area (Å²) in [7, 11) is 0. The number of carbonyl (C=O) groups excluding carboxylic acids is 1. The minimum absolute atomic E-state index is 0.0416. The largest absolute Gasteiger partial charge is 0.457 e. The van der Waals surface area contributed by atoms with E-state index < -0.39 is 0 Å². The van der Waals surface area contributed by atoms with Gasteiger partial charge in [0, 0.05) is 24.8 Å². The van der Waals surface area contributed by atoms with E-state index in [4.69, 9.17) is 23.7 Å². The van der Waals surface area contributed by atoms with Crippen LogP contribution in [0.3, 0.4) is 0 Å². The van der Waals surface area contributed by atoms with Crippen LogP contribution in [0.4, 0.5) is 4.39 Å². The van der Waals surface area contributed by atoms with E-state index in [1.807, 2.05) is 48.5 Å². The topological polar surface area (TPSA) is 69.8 Å². The smallest absolute Gasteiger partial charge is 0.343 e. The minimum atomic E-state index is -0.385. The van der Waals surface area contributed by atoms with Crippen molar-refractivity contribution in [1.82, 2.24) is 0 Å². The van der Waals surface area contributed by atoms with Crippen LogP contribution in [0, 0.1) is 5.82 Å². The Morgan fingerprint density at radius 1 is 0.780 bits per heavy atom. The molecule has 6 nitrogen and oxygen atoms in total. The van der Waals surface area contributed by atoms with Crippen LogP contribution in [0.2, 0.25) is 0 Å². The van der Waals surface area contributed by atoms with Gasteiger partial charge in [0.1, 0.15) is 23.1 Å². The van der Waals surface area contributed by atoms with Gasteiger partial charge in [0.2, 0.25) is 6.79 Å². The molecule has 0 bridgehead atoms.